The average Bonchev–Trinajstić information content (AvgIpc) is 2.39. The van der Waals surface area contributed by atoms with E-state index in [1.807, 2.05) is 6.92 Å². The molecule has 1 N–H and O–H groups in total. The summed E-state index contributed by atoms with van der Waals surface area (Å²) in [6.45, 7) is 4.46. The van der Waals surface area contributed by atoms with Crippen molar-refractivity contribution in [1.29, 1.82) is 0 Å². The number of carbonyl (C=O) groups is 2. The van der Waals surface area contributed by atoms with Crippen LogP contribution in [0.3, 0.4) is 0 Å². The highest BCUT2D eigenvalue weighted by atomic mass is 35.5. The summed E-state index contributed by atoms with van der Waals surface area (Å²) < 4.78 is 10.8. The number of benzene rings is 1. The number of ketones is 1. The number of carbonyl (C=O) groups excluding carboxylic acids is 1. The molecule has 0 aliphatic carbocycles. The first-order valence-corrected chi connectivity index (χ1v) is 6.41. The van der Waals surface area contributed by atoms with E-state index in [-0.39, 0.29) is 10.6 Å². The van der Waals surface area contributed by atoms with Crippen molar-refractivity contribution in [2.24, 2.45) is 0 Å². The fourth-order valence-electron chi connectivity index (χ4n) is 1.50. The second-order valence-corrected chi connectivity index (χ2v) is 4.09. The van der Waals surface area contributed by atoms with E-state index < -0.39 is 11.8 Å². The summed E-state index contributed by atoms with van der Waals surface area (Å²) in [6, 6.07) is 2.93. The largest absolute Gasteiger partial charge is 0.490 e. The Kier molecular flexibility index (Phi) is 6.06. The number of hydrogen-bond acceptors (Lipinski definition) is 4. The highest BCUT2D eigenvalue weighted by molar-refractivity contribution is 6.35. The smallest absolute Gasteiger partial charge is 0.328 e. The van der Waals surface area contributed by atoms with E-state index in [9.17, 15) is 9.59 Å². The van der Waals surface area contributed by atoms with Gasteiger partial charge < -0.3 is 14.6 Å². The van der Waals surface area contributed by atoms with Gasteiger partial charge in [-0.25, -0.2) is 4.79 Å². The lowest BCUT2D eigenvalue weighted by atomic mass is 10.1. The molecule has 5 nitrogen and oxygen atoms in total. The molecule has 108 valence electrons. The Morgan fingerprint density at radius 1 is 1.15 bits per heavy atom. The van der Waals surface area contributed by atoms with Gasteiger partial charge in [-0.15, -0.1) is 0 Å². The Balaban J connectivity index is 3.17. The van der Waals surface area contributed by atoms with Crippen LogP contribution in [0.4, 0.5) is 0 Å². The van der Waals surface area contributed by atoms with Crippen molar-refractivity contribution < 1.29 is 24.2 Å². The van der Waals surface area contributed by atoms with Crippen LogP contribution in [-0.4, -0.2) is 30.1 Å². The molecule has 0 radical (unpaired) electrons. The van der Waals surface area contributed by atoms with E-state index in [0.29, 0.717) is 24.7 Å². The highest BCUT2D eigenvalue weighted by Gasteiger charge is 2.15. The van der Waals surface area contributed by atoms with Gasteiger partial charge in [0.05, 0.1) is 18.2 Å². The molecule has 0 saturated carbocycles. The zero-order valence-electron chi connectivity index (χ0n) is 11.2. The second kappa shape index (κ2) is 7.55. The third kappa shape index (κ3) is 4.28. The molecule has 0 unspecified atom stereocenters. The maximum Gasteiger partial charge on any atom is 0.328 e. The normalized spacial score (nSPS) is 10.6. The van der Waals surface area contributed by atoms with Crippen LogP contribution in [0.1, 0.15) is 24.2 Å². The molecule has 0 atom stereocenters. The predicted octanol–water partition coefficient (Wildman–Crippen LogP) is 2.96. The van der Waals surface area contributed by atoms with Gasteiger partial charge in [-0.3, -0.25) is 4.79 Å². The van der Waals surface area contributed by atoms with Gasteiger partial charge in [0, 0.05) is 17.7 Å². The number of aliphatic carboxylic acids is 1. The molecule has 0 bridgehead atoms. The Morgan fingerprint density at radius 3 is 2.20 bits per heavy atom. The van der Waals surface area contributed by atoms with Crippen molar-refractivity contribution in [1.82, 2.24) is 0 Å². The molecular formula is C14H15ClO5. The number of carboxylic acids is 1. The van der Waals surface area contributed by atoms with Gasteiger partial charge in [0.15, 0.2) is 17.3 Å². The van der Waals surface area contributed by atoms with Gasteiger partial charge in [-0.05, 0) is 26.0 Å². The first-order valence-electron chi connectivity index (χ1n) is 6.04. The third-order valence-corrected chi connectivity index (χ3v) is 2.59. The summed E-state index contributed by atoms with van der Waals surface area (Å²) in [5.41, 5.74) is 0.163. The van der Waals surface area contributed by atoms with E-state index >= 15 is 0 Å². The van der Waals surface area contributed by atoms with Crippen LogP contribution in [0.15, 0.2) is 24.3 Å². The van der Waals surface area contributed by atoms with Crippen LogP contribution >= 0.6 is 11.6 Å². The lowest BCUT2D eigenvalue weighted by Gasteiger charge is -2.12. The van der Waals surface area contributed by atoms with Crippen LogP contribution in [0.5, 0.6) is 11.5 Å². The first kappa shape index (κ1) is 16.0. The minimum atomic E-state index is -1.20. The van der Waals surface area contributed by atoms with Gasteiger partial charge in [-0.2, -0.15) is 0 Å². The number of ether oxygens (including phenoxy) is 2. The number of rotatable bonds is 7. The first-order chi connectivity index (χ1) is 9.49. The quantitative estimate of drug-likeness (QED) is 0.619. The Morgan fingerprint density at radius 2 is 1.70 bits per heavy atom. The fraction of sp³-hybridized carbons (Fsp3) is 0.286. The van der Waals surface area contributed by atoms with E-state index in [1.165, 1.54) is 12.1 Å². The topological polar surface area (TPSA) is 72.8 Å². The zero-order valence-corrected chi connectivity index (χ0v) is 11.9. The van der Waals surface area contributed by atoms with Gasteiger partial charge in [0.1, 0.15) is 0 Å². The van der Waals surface area contributed by atoms with Gasteiger partial charge in [-0.1, -0.05) is 11.6 Å². The third-order valence-electron chi connectivity index (χ3n) is 2.28. The van der Waals surface area contributed by atoms with Crippen LogP contribution in [0.2, 0.25) is 5.02 Å². The van der Waals surface area contributed by atoms with Gasteiger partial charge in [0.2, 0.25) is 0 Å². The monoisotopic (exact) mass is 298 g/mol. The highest BCUT2D eigenvalue weighted by Crippen LogP contribution is 2.34. The maximum absolute atomic E-state index is 11.9. The molecule has 0 fully saturated rings. The Bertz CT molecular complexity index is 537. The molecule has 1 aromatic carbocycles. The molecule has 20 heavy (non-hydrogen) atoms. The summed E-state index contributed by atoms with van der Waals surface area (Å²) in [4.78, 5) is 22.3. The van der Waals surface area contributed by atoms with Crippen LogP contribution < -0.4 is 9.47 Å². The Labute approximate surface area is 121 Å². The molecule has 0 heterocycles. The average molecular weight is 299 g/mol. The molecule has 1 rings (SSSR count). The summed E-state index contributed by atoms with van der Waals surface area (Å²) in [5.74, 6) is -0.879. The van der Waals surface area contributed by atoms with Crippen molar-refractivity contribution in [3.63, 3.8) is 0 Å². The number of carboxylic acid groups (broad SMARTS) is 1. The summed E-state index contributed by atoms with van der Waals surface area (Å²) in [7, 11) is 0. The standard InChI is InChI=1S/C14H15ClO5/c1-3-19-12-7-9(11(16)5-6-14(17)18)10(15)8-13(12)20-4-2/h5-8H,3-4H2,1-2H3,(H,17,18)/b6-5+. The number of hydrogen-bond donors (Lipinski definition) is 1. The van der Waals surface area contributed by atoms with E-state index in [4.69, 9.17) is 26.2 Å². The lowest BCUT2D eigenvalue weighted by Crippen LogP contribution is -2.03. The predicted molar refractivity (Wildman–Crippen MR) is 74.9 cm³/mol. The number of halogens is 1. The van der Waals surface area contributed by atoms with Crippen molar-refractivity contribution >= 4 is 23.4 Å². The molecule has 0 amide bonds. The van der Waals surface area contributed by atoms with Crippen molar-refractivity contribution in [3.8, 4) is 11.5 Å². The molecule has 0 aromatic heterocycles. The van der Waals surface area contributed by atoms with Crippen LogP contribution in [0.25, 0.3) is 0 Å². The number of allylic oxidation sites excluding steroid dienone is 1. The molecule has 1 aromatic rings. The maximum atomic E-state index is 11.9. The van der Waals surface area contributed by atoms with E-state index in [2.05, 4.69) is 0 Å². The molecule has 0 spiro atoms. The molecule has 6 heteroatoms. The minimum absolute atomic E-state index is 0.163. The van der Waals surface area contributed by atoms with Gasteiger partial charge in [0.25, 0.3) is 0 Å². The Hall–Kier alpha value is -2.01. The lowest BCUT2D eigenvalue weighted by molar-refractivity contribution is -0.131. The van der Waals surface area contributed by atoms with Crippen molar-refractivity contribution in [2.45, 2.75) is 13.8 Å². The van der Waals surface area contributed by atoms with Gasteiger partial charge >= 0.3 is 5.97 Å². The van der Waals surface area contributed by atoms with E-state index in [1.54, 1.807) is 6.92 Å². The van der Waals surface area contributed by atoms with E-state index in [0.717, 1.165) is 12.2 Å². The molecular weight excluding hydrogens is 284 g/mol. The SMILES string of the molecule is CCOc1cc(Cl)c(C(=O)/C=C/C(=O)O)cc1OCC. The molecule has 0 aliphatic heterocycles. The van der Waals surface area contributed by atoms with Crippen LogP contribution in [-0.2, 0) is 4.79 Å². The second-order valence-electron chi connectivity index (χ2n) is 3.68. The fourth-order valence-corrected chi connectivity index (χ4v) is 1.74. The minimum Gasteiger partial charge on any atom is -0.490 e. The summed E-state index contributed by atoms with van der Waals surface area (Å²) in [5, 5.41) is 8.69. The zero-order chi connectivity index (χ0) is 15.1. The molecule has 0 aliphatic rings. The molecule has 0 saturated heterocycles. The summed E-state index contributed by atoms with van der Waals surface area (Å²) >= 11 is 6.01. The van der Waals surface area contributed by atoms with Crippen molar-refractivity contribution in [3.05, 3.63) is 34.9 Å². The van der Waals surface area contributed by atoms with Crippen LogP contribution in [0, 0.1) is 0 Å². The van der Waals surface area contributed by atoms with Crippen molar-refractivity contribution in [2.75, 3.05) is 13.2 Å². The summed E-state index contributed by atoms with van der Waals surface area (Å²) in [6.07, 6.45) is 1.70.